The van der Waals surface area contributed by atoms with Gasteiger partial charge in [0.25, 0.3) is 0 Å². The van der Waals surface area contributed by atoms with Crippen molar-refractivity contribution in [3.8, 4) is 11.5 Å². The number of aryl methyl sites for hydroxylation is 1. The molecule has 2 aromatic carbocycles. The van der Waals surface area contributed by atoms with Gasteiger partial charge in [-0.2, -0.15) is 0 Å². The standard InChI is InChI=1S/C21H26N2O3/c1-17-6-4-7-18(16-17)26-15-5-10-21(25)23-13-11-22(12-14-23)19-8-2-3-9-20(19)24/h2-4,6-9,16,24H,5,10-15H2,1H3. The lowest BCUT2D eigenvalue weighted by Gasteiger charge is -2.36. The molecule has 1 heterocycles. The minimum atomic E-state index is 0.176. The molecule has 5 nitrogen and oxygen atoms in total. The van der Waals surface area contributed by atoms with Crippen LogP contribution in [-0.4, -0.2) is 48.7 Å². The summed E-state index contributed by atoms with van der Waals surface area (Å²) in [6, 6.07) is 15.3. The number of hydrogen-bond acceptors (Lipinski definition) is 4. The Balaban J connectivity index is 1.39. The number of nitrogens with zero attached hydrogens (tertiary/aromatic N) is 2. The number of phenolic OH excluding ortho intramolecular Hbond substituents is 1. The number of rotatable bonds is 6. The molecule has 0 aliphatic carbocycles. The van der Waals surface area contributed by atoms with Crippen LogP contribution in [0.1, 0.15) is 18.4 Å². The largest absolute Gasteiger partial charge is 0.506 e. The predicted molar refractivity (Wildman–Crippen MR) is 103 cm³/mol. The van der Waals surface area contributed by atoms with Crippen molar-refractivity contribution in [1.29, 1.82) is 0 Å². The first-order valence-corrected chi connectivity index (χ1v) is 9.13. The molecule has 26 heavy (non-hydrogen) atoms. The highest BCUT2D eigenvalue weighted by atomic mass is 16.5. The van der Waals surface area contributed by atoms with Crippen LogP contribution >= 0.6 is 0 Å². The van der Waals surface area contributed by atoms with E-state index in [4.69, 9.17) is 4.74 Å². The van der Waals surface area contributed by atoms with Crippen molar-refractivity contribution in [2.24, 2.45) is 0 Å². The van der Waals surface area contributed by atoms with Crippen LogP contribution in [0.2, 0.25) is 0 Å². The number of benzene rings is 2. The Bertz CT molecular complexity index is 740. The number of carbonyl (C=O) groups excluding carboxylic acids is 1. The van der Waals surface area contributed by atoms with Crippen LogP contribution in [0, 0.1) is 6.92 Å². The summed E-state index contributed by atoms with van der Waals surface area (Å²) in [6.07, 6.45) is 1.22. The van der Waals surface area contributed by atoms with Gasteiger partial charge in [0.2, 0.25) is 5.91 Å². The molecule has 138 valence electrons. The summed E-state index contributed by atoms with van der Waals surface area (Å²) in [5.74, 6) is 1.32. The molecular weight excluding hydrogens is 328 g/mol. The highest BCUT2D eigenvalue weighted by molar-refractivity contribution is 5.76. The van der Waals surface area contributed by atoms with Crippen LogP contribution in [0.25, 0.3) is 0 Å². The Morgan fingerprint density at radius 1 is 1.08 bits per heavy atom. The fourth-order valence-corrected chi connectivity index (χ4v) is 3.20. The maximum absolute atomic E-state index is 12.4. The third kappa shape index (κ3) is 4.69. The quantitative estimate of drug-likeness (QED) is 0.810. The van der Waals surface area contributed by atoms with Gasteiger partial charge in [-0.1, -0.05) is 24.3 Å². The molecule has 0 atom stereocenters. The third-order valence-electron chi connectivity index (χ3n) is 4.65. The van der Waals surface area contributed by atoms with E-state index in [1.54, 1.807) is 6.07 Å². The molecule has 0 spiro atoms. The molecule has 0 radical (unpaired) electrons. The van der Waals surface area contributed by atoms with E-state index < -0.39 is 0 Å². The molecule has 0 unspecified atom stereocenters. The minimum Gasteiger partial charge on any atom is -0.506 e. The number of amides is 1. The predicted octanol–water partition coefficient (Wildman–Crippen LogP) is 3.21. The van der Waals surface area contributed by atoms with Crippen molar-refractivity contribution in [1.82, 2.24) is 4.90 Å². The molecule has 2 aromatic rings. The van der Waals surface area contributed by atoms with Gasteiger partial charge in [-0.3, -0.25) is 4.79 Å². The van der Waals surface area contributed by atoms with E-state index in [2.05, 4.69) is 4.90 Å². The molecule has 1 aliphatic rings. The fourth-order valence-electron chi connectivity index (χ4n) is 3.20. The SMILES string of the molecule is Cc1cccc(OCCCC(=O)N2CCN(c3ccccc3O)CC2)c1. The Labute approximate surface area is 154 Å². The van der Waals surface area contributed by atoms with E-state index >= 15 is 0 Å². The zero-order valence-electron chi connectivity index (χ0n) is 15.2. The molecule has 1 aliphatic heterocycles. The Kier molecular flexibility index (Phi) is 6.00. The van der Waals surface area contributed by atoms with E-state index in [9.17, 15) is 9.90 Å². The van der Waals surface area contributed by atoms with E-state index in [1.165, 1.54) is 5.56 Å². The number of aromatic hydroxyl groups is 1. The fraction of sp³-hybridized carbons (Fsp3) is 0.381. The van der Waals surface area contributed by atoms with Gasteiger partial charge in [0.05, 0.1) is 12.3 Å². The van der Waals surface area contributed by atoms with Crippen LogP contribution < -0.4 is 9.64 Å². The van der Waals surface area contributed by atoms with Gasteiger partial charge in [-0.05, 0) is 43.2 Å². The molecule has 3 rings (SSSR count). The van der Waals surface area contributed by atoms with Gasteiger partial charge in [-0.25, -0.2) is 0 Å². The van der Waals surface area contributed by atoms with E-state index in [1.807, 2.05) is 54.3 Å². The highest BCUT2D eigenvalue weighted by Crippen LogP contribution is 2.27. The first-order chi connectivity index (χ1) is 12.6. The Hall–Kier alpha value is -2.69. The average molecular weight is 354 g/mol. The zero-order valence-corrected chi connectivity index (χ0v) is 15.2. The Morgan fingerprint density at radius 2 is 1.85 bits per heavy atom. The lowest BCUT2D eigenvalue weighted by atomic mass is 10.2. The second-order valence-corrected chi connectivity index (χ2v) is 6.63. The van der Waals surface area contributed by atoms with E-state index in [0.717, 1.165) is 24.5 Å². The summed E-state index contributed by atoms with van der Waals surface area (Å²) in [6.45, 7) is 5.43. The summed E-state index contributed by atoms with van der Waals surface area (Å²) < 4.78 is 5.71. The van der Waals surface area contributed by atoms with Gasteiger partial charge in [0.1, 0.15) is 11.5 Å². The smallest absolute Gasteiger partial charge is 0.222 e. The highest BCUT2D eigenvalue weighted by Gasteiger charge is 2.22. The molecule has 0 saturated carbocycles. The van der Waals surface area contributed by atoms with Crippen molar-refractivity contribution >= 4 is 11.6 Å². The first kappa shape index (κ1) is 18.1. The number of anilines is 1. The van der Waals surface area contributed by atoms with Crippen LogP contribution in [0.5, 0.6) is 11.5 Å². The summed E-state index contributed by atoms with van der Waals surface area (Å²) in [7, 11) is 0. The molecule has 0 bridgehead atoms. The Morgan fingerprint density at radius 3 is 2.58 bits per heavy atom. The maximum atomic E-state index is 12.4. The molecule has 1 N–H and O–H groups in total. The molecule has 1 saturated heterocycles. The second-order valence-electron chi connectivity index (χ2n) is 6.63. The lowest BCUT2D eigenvalue weighted by molar-refractivity contribution is -0.131. The summed E-state index contributed by atoms with van der Waals surface area (Å²) in [4.78, 5) is 16.4. The van der Waals surface area contributed by atoms with Crippen molar-refractivity contribution in [2.75, 3.05) is 37.7 Å². The van der Waals surface area contributed by atoms with Gasteiger partial charge >= 0.3 is 0 Å². The van der Waals surface area contributed by atoms with Crippen molar-refractivity contribution in [3.05, 3.63) is 54.1 Å². The van der Waals surface area contributed by atoms with E-state index in [-0.39, 0.29) is 5.91 Å². The molecule has 0 aromatic heterocycles. The van der Waals surface area contributed by atoms with Crippen LogP contribution in [-0.2, 0) is 4.79 Å². The van der Waals surface area contributed by atoms with Gasteiger partial charge < -0.3 is 19.6 Å². The van der Waals surface area contributed by atoms with Crippen LogP contribution in [0.15, 0.2) is 48.5 Å². The van der Waals surface area contributed by atoms with Gasteiger partial charge in [0.15, 0.2) is 0 Å². The second kappa shape index (κ2) is 8.61. The van der Waals surface area contributed by atoms with E-state index in [0.29, 0.717) is 38.3 Å². The number of piperazine rings is 1. The third-order valence-corrected chi connectivity index (χ3v) is 4.65. The molecular formula is C21H26N2O3. The number of phenols is 1. The van der Waals surface area contributed by atoms with Crippen molar-refractivity contribution < 1.29 is 14.6 Å². The molecule has 5 heteroatoms. The van der Waals surface area contributed by atoms with Crippen LogP contribution in [0.3, 0.4) is 0 Å². The number of para-hydroxylation sites is 2. The number of ether oxygens (including phenoxy) is 1. The molecule has 1 amide bonds. The van der Waals surface area contributed by atoms with Crippen molar-refractivity contribution in [2.45, 2.75) is 19.8 Å². The first-order valence-electron chi connectivity index (χ1n) is 9.13. The van der Waals surface area contributed by atoms with Crippen LogP contribution in [0.4, 0.5) is 5.69 Å². The maximum Gasteiger partial charge on any atom is 0.222 e. The van der Waals surface area contributed by atoms with Crippen molar-refractivity contribution in [3.63, 3.8) is 0 Å². The lowest BCUT2D eigenvalue weighted by Crippen LogP contribution is -2.48. The summed E-state index contributed by atoms with van der Waals surface area (Å²) in [5, 5.41) is 9.96. The van der Waals surface area contributed by atoms with Gasteiger partial charge in [-0.15, -0.1) is 0 Å². The normalized spacial score (nSPS) is 14.3. The average Bonchev–Trinajstić information content (AvgIpc) is 2.66. The topological polar surface area (TPSA) is 53.0 Å². The number of carbonyl (C=O) groups is 1. The number of hydrogen-bond donors (Lipinski definition) is 1. The monoisotopic (exact) mass is 354 g/mol. The minimum absolute atomic E-state index is 0.176. The summed E-state index contributed by atoms with van der Waals surface area (Å²) in [5.41, 5.74) is 2.01. The zero-order chi connectivity index (χ0) is 18.4. The summed E-state index contributed by atoms with van der Waals surface area (Å²) >= 11 is 0. The molecule has 1 fully saturated rings. The van der Waals surface area contributed by atoms with Gasteiger partial charge in [0, 0.05) is 32.6 Å².